The van der Waals surface area contributed by atoms with E-state index in [4.69, 9.17) is 9.47 Å². The summed E-state index contributed by atoms with van der Waals surface area (Å²) in [6, 6.07) is 6.58. The SMILES string of the molecule is COc1ccc2c(=O)n(-c3ccc(OCC(F)(F)F)cc3)c(OCC(F)(F)F)nc2n1. The molecule has 0 atom stereocenters. The monoisotopic (exact) mass is 449 g/mol. The molecule has 13 heteroatoms. The molecule has 31 heavy (non-hydrogen) atoms. The number of nitrogens with zero attached hydrogens (tertiary/aromatic N) is 3. The van der Waals surface area contributed by atoms with Crippen molar-refractivity contribution >= 4 is 11.0 Å². The van der Waals surface area contributed by atoms with Crippen LogP contribution in [0.5, 0.6) is 17.6 Å². The van der Waals surface area contributed by atoms with E-state index in [2.05, 4.69) is 14.7 Å². The van der Waals surface area contributed by atoms with Crippen molar-refractivity contribution in [1.29, 1.82) is 0 Å². The van der Waals surface area contributed by atoms with Gasteiger partial charge >= 0.3 is 18.4 Å². The minimum absolute atomic E-state index is 0.00764. The Hall–Kier alpha value is -3.51. The summed E-state index contributed by atoms with van der Waals surface area (Å²) in [6.45, 7) is -3.26. The Bertz CT molecular complexity index is 1130. The zero-order valence-corrected chi connectivity index (χ0v) is 15.6. The van der Waals surface area contributed by atoms with Gasteiger partial charge in [-0.25, -0.2) is 4.57 Å². The number of rotatable bonds is 6. The molecule has 0 spiro atoms. The molecular weight excluding hydrogens is 436 g/mol. The van der Waals surface area contributed by atoms with E-state index in [1.54, 1.807) is 0 Å². The fraction of sp³-hybridized carbons (Fsp3) is 0.278. The lowest BCUT2D eigenvalue weighted by atomic mass is 10.2. The molecule has 0 radical (unpaired) electrons. The van der Waals surface area contributed by atoms with E-state index < -0.39 is 37.1 Å². The van der Waals surface area contributed by atoms with E-state index in [0.717, 1.165) is 16.7 Å². The number of benzene rings is 1. The van der Waals surface area contributed by atoms with Crippen LogP contribution in [0.1, 0.15) is 0 Å². The molecule has 0 amide bonds. The van der Waals surface area contributed by atoms with Crippen LogP contribution >= 0.6 is 0 Å². The fourth-order valence-electron chi connectivity index (χ4n) is 2.47. The fourth-order valence-corrected chi connectivity index (χ4v) is 2.47. The van der Waals surface area contributed by atoms with E-state index in [0.29, 0.717) is 0 Å². The van der Waals surface area contributed by atoms with Crippen molar-refractivity contribution in [2.45, 2.75) is 12.4 Å². The number of hydrogen-bond acceptors (Lipinski definition) is 6. The van der Waals surface area contributed by atoms with Gasteiger partial charge in [0, 0.05) is 6.07 Å². The van der Waals surface area contributed by atoms with Crippen molar-refractivity contribution in [1.82, 2.24) is 14.5 Å². The van der Waals surface area contributed by atoms with E-state index >= 15 is 0 Å². The van der Waals surface area contributed by atoms with Crippen LogP contribution in [0.3, 0.4) is 0 Å². The molecule has 1 aromatic carbocycles. The summed E-state index contributed by atoms with van der Waals surface area (Å²) in [6.07, 6.45) is -9.26. The molecule has 0 saturated carbocycles. The predicted molar refractivity (Wildman–Crippen MR) is 94.8 cm³/mol. The summed E-state index contributed by atoms with van der Waals surface area (Å²) in [7, 11) is 1.30. The number of hydrogen-bond donors (Lipinski definition) is 0. The summed E-state index contributed by atoms with van der Waals surface area (Å²) in [5, 5.41) is -0.0439. The smallest absolute Gasteiger partial charge is 0.422 e. The van der Waals surface area contributed by atoms with Gasteiger partial charge in [-0.1, -0.05) is 0 Å². The highest BCUT2D eigenvalue weighted by Gasteiger charge is 2.30. The highest BCUT2D eigenvalue weighted by Crippen LogP contribution is 2.24. The van der Waals surface area contributed by atoms with Gasteiger partial charge in [0.2, 0.25) is 5.88 Å². The summed E-state index contributed by atoms with van der Waals surface area (Å²) in [4.78, 5) is 20.7. The third-order valence-corrected chi connectivity index (χ3v) is 3.75. The minimum Gasteiger partial charge on any atom is -0.484 e. The maximum atomic E-state index is 12.9. The number of fused-ring (bicyclic) bond motifs is 1. The zero-order chi connectivity index (χ0) is 22.8. The lowest BCUT2D eigenvalue weighted by Gasteiger charge is -2.15. The number of alkyl halides is 6. The van der Waals surface area contributed by atoms with Gasteiger partial charge in [-0.3, -0.25) is 4.79 Å². The summed E-state index contributed by atoms with van der Waals surface area (Å²) in [5.74, 6) is -0.0860. The zero-order valence-electron chi connectivity index (χ0n) is 15.6. The quantitative estimate of drug-likeness (QED) is 0.535. The molecule has 0 aliphatic carbocycles. The molecule has 2 heterocycles. The largest absolute Gasteiger partial charge is 0.484 e. The third kappa shape index (κ3) is 5.55. The van der Waals surface area contributed by atoms with Crippen molar-refractivity contribution < 1.29 is 40.6 Å². The van der Waals surface area contributed by atoms with Gasteiger partial charge in [0.05, 0.1) is 18.2 Å². The lowest BCUT2D eigenvalue weighted by Crippen LogP contribution is -2.26. The van der Waals surface area contributed by atoms with Gasteiger partial charge in [0.15, 0.2) is 18.9 Å². The average Bonchev–Trinajstić information content (AvgIpc) is 2.70. The molecule has 0 fully saturated rings. The Kier molecular flexibility index (Phi) is 5.95. The Morgan fingerprint density at radius 2 is 1.48 bits per heavy atom. The highest BCUT2D eigenvalue weighted by atomic mass is 19.4. The van der Waals surface area contributed by atoms with Crippen LogP contribution in [-0.4, -0.2) is 47.2 Å². The van der Waals surface area contributed by atoms with Crippen LogP contribution in [0.4, 0.5) is 26.3 Å². The summed E-state index contributed by atoms with van der Waals surface area (Å²) in [5.41, 5.74) is -1.02. The predicted octanol–water partition coefficient (Wildman–Crippen LogP) is 3.67. The van der Waals surface area contributed by atoms with Crippen LogP contribution in [-0.2, 0) is 0 Å². The van der Waals surface area contributed by atoms with Crippen molar-refractivity contribution in [2.75, 3.05) is 20.3 Å². The number of aromatic nitrogens is 3. The van der Waals surface area contributed by atoms with E-state index in [-0.39, 0.29) is 28.4 Å². The highest BCUT2D eigenvalue weighted by molar-refractivity contribution is 5.75. The molecule has 166 valence electrons. The van der Waals surface area contributed by atoms with Crippen molar-refractivity contribution in [2.24, 2.45) is 0 Å². The van der Waals surface area contributed by atoms with Gasteiger partial charge in [0.25, 0.3) is 5.56 Å². The molecule has 3 aromatic rings. The van der Waals surface area contributed by atoms with Crippen molar-refractivity contribution in [3.63, 3.8) is 0 Å². The molecule has 0 unspecified atom stereocenters. The third-order valence-electron chi connectivity index (χ3n) is 3.75. The Balaban J connectivity index is 2.06. The normalized spacial score (nSPS) is 12.1. The van der Waals surface area contributed by atoms with Crippen LogP contribution in [0.15, 0.2) is 41.2 Å². The van der Waals surface area contributed by atoms with E-state index in [9.17, 15) is 31.1 Å². The first-order valence-electron chi connectivity index (χ1n) is 8.44. The first-order valence-corrected chi connectivity index (χ1v) is 8.44. The molecular formula is C18H13F6N3O4. The second-order valence-electron chi connectivity index (χ2n) is 6.06. The van der Waals surface area contributed by atoms with Gasteiger partial charge in [-0.15, -0.1) is 0 Å². The Morgan fingerprint density at radius 1 is 0.871 bits per heavy atom. The molecule has 0 bridgehead atoms. The van der Waals surface area contributed by atoms with Gasteiger partial charge in [-0.2, -0.15) is 36.3 Å². The summed E-state index contributed by atoms with van der Waals surface area (Å²) < 4.78 is 89.7. The number of halogens is 6. The van der Waals surface area contributed by atoms with E-state index in [1.165, 1.54) is 31.4 Å². The second kappa shape index (κ2) is 8.32. The van der Waals surface area contributed by atoms with Crippen molar-refractivity contribution in [3.8, 4) is 23.3 Å². The van der Waals surface area contributed by atoms with Crippen LogP contribution in [0.25, 0.3) is 16.7 Å². The summed E-state index contributed by atoms with van der Waals surface area (Å²) >= 11 is 0. The molecule has 3 rings (SSSR count). The molecule has 0 aliphatic heterocycles. The molecule has 0 N–H and O–H groups in total. The van der Waals surface area contributed by atoms with Gasteiger partial charge in [0.1, 0.15) is 5.75 Å². The van der Waals surface area contributed by atoms with Gasteiger partial charge < -0.3 is 14.2 Å². The standard InChI is InChI=1S/C18H13F6N3O4/c1-29-13-7-6-12-14(25-13)26-16(31-9-18(22,23)24)27(15(12)28)10-2-4-11(5-3-10)30-8-17(19,20)21/h2-7H,8-9H2,1H3. The van der Waals surface area contributed by atoms with Crippen molar-refractivity contribution in [3.05, 3.63) is 46.8 Å². The van der Waals surface area contributed by atoms with Gasteiger partial charge in [-0.05, 0) is 30.3 Å². The Morgan fingerprint density at radius 3 is 2.06 bits per heavy atom. The van der Waals surface area contributed by atoms with Crippen LogP contribution in [0.2, 0.25) is 0 Å². The first kappa shape index (κ1) is 22.2. The minimum atomic E-state index is -4.71. The molecule has 7 nitrogen and oxygen atoms in total. The number of pyridine rings is 1. The average molecular weight is 449 g/mol. The Labute approximate surface area is 169 Å². The first-order chi connectivity index (χ1) is 14.5. The maximum Gasteiger partial charge on any atom is 0.422 e. The number of methoxy groups -OCH3 is 1. The second-order valence-corrected chi connectivity index (χ2v) is 6.06. The van der Waals surface area contributed by atoms with Crippen LogP contribution < -0.4 is 19.8 Å². The molecule has 0 saturated heterocycles. The molecule has 2 aromatic heterocycles. The van der Waals surface area contributed by atoms with E-state index in [1.807, 2.05) is 0 Å². The van der Waals surface area contributed by atoms with Crippen LogP contribution in [0, 0.1) is 0 Å². The lowest BCUT2D eigenvalue weighted by molar-refractivity contribution is -0.155. The topological polar surface area (TPSA) is 75.5 Å². The molecule has 0 aliphatic rings. The number of ether oxygens (including phenoxy) is 3. The maximum absolute atomic E-state index is 12.9.